The number of nitrogens with two attached hydrogens (primary N) is 1. The van der Waals surface area contributed by atoms with Crippen LogP contribution in [0, 0.1) is 0 Å². The Balaban J connectivity index is 1.45. The molecule has 2 saturated heterocycles. The second kappa shape index (κ2) is 10.5. The lowest BCUT2D eigenvalue weighted by molar-refractivity contribution is 0.0924. The van der Waals surface area contributed by atoms with E-state index in [1.807, 2.05) is 12.1 Å². The number of fused-ring (bicyclic) bond motifs is 2. The number of primary amides is 1. The Morgan fingerprint density at radius 1 is 1.06 bits per heavy atom. The number of nitrogens with one attached hydrogen (secondary N) is 2. The Morgan fingerprint density at radius 2 is 1.71 bits per heavy atom. The van der Waals surface area contributed by atoms with Crippen LogP contribution in [0.1, 0.15) is 90.4 Å². The van der Waals surface area contributed by atoms with E-state index in [4.69, 9.17) is 5.73 Å². The average Bonchev–Trinajstić information content (AvgIpc) is 3.12. The Hall–Kier alpha value is -3.42. The number of benzene rings is 1. The van der Waals surface area contributed by atoms with Gasteiger partial charge in [-0.15, -0.1) is 0 Å². The summed E-state index contributed by atoms with van der Waals surface area (Å²) in [7, 11) is 0. The first-order valence-electron chi connectivity index (χ1n) is 12.6. The molecule has 3 atom stereocenters. The molecule has 1 unspecified atom stereocenters. The van der Waals surface area contributed by atoms with Gasteiger partial charge in [-0.2, -0.15) is 0 Å². The highest BCUT2D eigenvalue weighted by Gasteiger charge is 2.41. The zero-order valence-electron chi connectivity index (χ0n) is 20.7. The lowest BCUT2D eigenvalue weighted by atomic mass is 9.96. The van der Waals surface area contributed by atoms with Gasteiger partial charge in [-0.05, 0) is 75.8 Å². The Kier molecular flexibility index (Phi) is 7.38. The van der Waals surface area contributed by atoms with Gasteiger partial charge in [-0.25, -0.2) is 4.98 Å². The Labute approximate surface area is 206 Å². The number of carbonyl (C=O) groups is 3. The third-order valence-corrected chi connectivity index (χ3v) is 7.38. The van der Waals surface area contributed by atoms with Gasteiger partial charge in [0.25, 0.3) is 11.8 Å². The zero-order valence-corrected chi connectivity index (χ0v) is 20.7. The topological polar surface area (TPSA) is 117 Å². The Bertz CT molecular complexity index is 1080. The van der Waals surface area contributed by atoms with Gasteiger partial charge in [0.15, 0.2) is 5.78 Å². The van der Waals surface area contributed by atoms with Gasteiger partial charge >= 0.3 is 0 Å². The van der Waals surface area contributed by atoms with Crippen molar-refractivity contribution in [3.8, 4) is 0 Å². The third-order valence-electron chi connectivity index (χ3n) is 7.38. The smallest absolute Gasteiger partial charge is 0.251 e. The summed E-state index contributed by atoms with van der Waals surface area (Å²) in [6.45, 7) is 5.70. The number of amides is 2. The number of carbonyl (C=O) groups excluding carboxylic acids is 3. The molecule has 3 heterocycles. The van der Waals surface area contributed by atoms with Crippen LogP contribution in [0.4, 0.5) is 11.5 Å². The number of rotatable bonds is 9. The molecular formula is C27H35N5O3. The van der Waals surface area contributed by atoms with Crippen LogP contribution in [0.15, 0.2) is 36.5 Å². The molecule has 2 bridgehead atoms. The van der Waals surface area contributed by atoms with Crippen molar-refractivity contribution < 1.29 is 14.4 Å². The zero-order chi connectivity index (χ0) is 25.1. The molecule has 2 aromatic rings. The van der Waals surface area contributed by atoms with Gasteiger partial charge in [0.1, 0.15) is 5.82 Å². The van der Waals surface area contributed by atoms with E-state index in [9.17, 15) is 14.4 Å². The van der Waals surface area contributed by atoms with Gasteiger partial charge in [-0.3, -0.25) is 14.4 Å². The lowest BCUT2D eigenvalue weighted by Gasteiger charge is -2.40. The molecule has 35 heavy (non-hydrogen) atoms. The molecule has 8 heteroatoms. The minimum atomic E-state index is -0.515. The number of piperidine rings is 1. The van der Waals surface area contributed by atoms with E-state index in [-0.39, 0.29) is 23.8 Å². The minimum Gasteiger partial charge on any atom is -0.382 e. The van der Waals surface area contributed by atoms with Gasteiger partial charge in [0.2, 0.25) is 0 Å². The molecule has 8 nitrogen and oxygen atoms in total. The van der Waals surface area contributed by atoms with Crippen LogP contribution < -0.4 is 21.3 Å². The fraction of sp³-hybridized carbons (Fsp3) is 0.481. The first-order valence-corrected chi connectivity index (χ1v) is 12.6. The maximum Gasteiger partial charge on any atom is 0.251 e. The quantitative estimate of drug-likeness (QED) is 0.471. The maximum atomic E-state index is 13.1. The predicted molar refractivity (Wildman–Crippen MR) is 137 cm³/mol. The van der Waals surface area contributed by atoms with Crippen molar-refractivity contribution in [3.05, 3.63) is 53.2 Å². The molecule has 2 aliphatic heterocycles. The molecule has 1 aromatic heterocycles. The number of nitrogens with zero attached hydrogens (tertiary/aromatic N) is 2. The van der Waals surface area contributed by atoms with Gasteiger partial charge in [0, 0.05) is 47.2 Å². The number of aromatic nitrogens is 1. The lowest BCUT2D eigenvalue weighted by Crippen LogP contribution is -2.50. The van der Waals surface area contributed by atoms with E-state index in [1.54, 1.807) is 31.3 Å². The molecule has 4 N–H and O–H groups in total. The molecule has 0 spiro atoms. The van der Waals surface area contributed by atoms with E-state index in [1.165, 1.54) is 0 Å². The maximum absolute atomic E-state index is 13.1. The summed E-state index contributed by atoms with van der Waals surface area (Å²) in [5.74, 6) is 0.247. The van der Waals surface area contributed by atoms with Crippen molar-refractivity contribution in [1.82, 2.24) is 10.3 Å². The van der Waals surface area contributed by atoms with Crippen LogP contribution in [0.5, 0.6) is 0 Å². The molecule has 2 aliphatic rings. The summed E-state index contributed by atoms with van der Waals surface area (Å²) in [6.07, 6.45) is 7.26. The van der Waals surface area contributed by atoms with Gasteiger partial charge in [0.05, 0.1) is 5.56 Å². The second-order valence-electron chi connectivity index (χ2n) is 9.68. The summed E-state index contributed by atoms with van der Waals surface area (Å²) in [4.78, 5) is 43.5. The van der Waals surface area contributed by atoms with Gasteiger partial charge in [-0.1, -0.05) is 13.8 Å². The first kappa shape index (κ1) is 24.7. The Morgan fingerprint density at radius 3 is 2.26 bits per heavy atom. The molecule has 2 amide bonds. The predicted octanol–water partition coefficient (Wildman–Crippen LogP) is 3.91. The van der Waals surface area contributed by atoms with E-state index in [2.05, 4.69) is 34.4 Å². The molecule has 0 radical (unpaired) electrons. The number of ketones is 1. The van der Waals surface area contributed by atoms with Crippen LogP contribution in [-0.2, 0) is 0 Å². The van der Waals surface area contributed by atoms with Gasteiger partial charge < -0.3 is 21.3 Å². The molecule has 4 rings (SSSR count). The summed E-state index contributed by atoms with van der Waals surface area (Å²) >= 11 is 0. The van der Waals surface area contributed by atoms with Crippen molar-refractivity contribution in [2.24, 2.45) is 5.73 Å². The number of hydrogen-bond donors (Lipinski definition) is 3. The average molecular weight is 478 g/mol. The first-order chi connectivity index (χ1) is 16.8. The van der Waals surface area contributed by atoms with E-state index in [0.29, 0.717) is 34.5 Å². The number of Topliss-reactive ketones (excluding diaryl/α,β-unsaturated/α-hetero) is 1. The second-order valence-corrected chi connectivity index (χ2v) is 9.68. The van der Waals surface area contributed by atoms with E-state index < -0.39 is 5.91 Å². The summed E-state index contributed by atoms with van der Waals surface area (Å²) in [5, 5.41) is 6.59. The SMILES string of the molecule is CCC(CC)Nc1cc(C(=O)NC2C[C@H]3CC[C@@H](C2)N3c2ccc(C(C)=O)cn2)ccc1C(N)=O. The van der Waals surface area contributed by atoms with Crippen molar-refractivity contribution in [3.63, 3.8) is 0 Å². The highest BCUT2D eigenvalue weighted by atomic mass is 16.2. The fourth-order valence-corrected chi connectivity index (χ4v) is 5.42. The van der Waals surface area contributed by atoms with Crippen molar-refractivity contribution in [1.29, 1.82) is 0 Å². The highest BCUT2D eigenvalue weighted by Crippen LogP contribution is 2.38. The van der Waals surface area contributed by atoms with E-state index >= 15 is 0 Å². The van der Waals surface area contributed by atoms with Crippen LogP contribution in [0.3, 0.4) is 0 Å². The van der Waals surface area contributed by atoms with Crippen LogP contribution in [-0.4, -0.2) is 46.7 Å². The third kappa shape index (κ3) is 5.31. The normalized spacial score (nSPS) is 21.1. The highest BCUT2D eigenvalue weighted by molar-refractivity contribution is 6.02. The molecular weight excluding hydrogens is 442 g/mol. The molecule has 1 aromatic carbocycles. The summed E-state index contributed by atoms with van der Waals surface area (Å²) in [5.41, 5.74) is 7.69. The van der Waals surface area contributed by atoms with Crippen molar-refractivity contribution in [2.75, 3.05) is 10.2 Å². The van der Waals surface area contributed by atoms with E-state index in [0.717, 1.165) is 44.3 Å². The van der Waals surface area contributed by atoms with Crippen molar-refractivity contribution >= 4 is 29.1 Å². The van der Waals surface area contributed by atoms with Crippen molar-refractivity contribution in [2.45, 2.75) is 83.5 Å². The van der Waals surface area contributed by atoms with Crippen LogP contribution in [0.2, 0.25) is 0 Å². The summed E-state index contributed by atoms with van der Waals surface area (Å²) in [6, 6.07) is 9.67. The molecule has 0 saturated carbocycles. The van der Waals surface area contributed by atoms with Crippen LogP contribution >= 0.6 is 0 Å². The largest absolute Gasteiger partial charge is 0.382 e. The summed E-state index contributed by atoms with van der Waals surface area (Å²) < 4.78 is 0. The minimum absolute atomic E-state index is 0.00979. The van der Waals surface area contributed by atoms with Crippen LogP contribution in [0.25, 0.3) is 0 Å². The number of pyridine rings is 1. The molecule has 0 aliphatic carbocycles. The standard InChI is InChI=1S/C27H35N5O3/c1-4-19(5-2)30-24-12-17(6-10-23(24)26(28)34)27(35)31-20-13-21-8-9-22(14-20)32(21)25-11-7-18(15-29-25)16(3)33/h6-7,10-12,15,19-22,30H,4-5,8-9,13-14H2,1-3H3,(H2,28,34)(H,31,35)/t20?,21-,22+. The fourth-order valence-electron chi connectivity index (χ4n) is 5.42. The number of hydrogen-bond acceptors (Lipinski definition) is 6. The monoisotopic (exact) mass is 477 g/mol. The number of anilines is 2. The molecule has 2 fully saturated rings. The molecule has 186 valence electrons.